The van der Waals surface area contributed by atoms with Gasteiger partial charge in [-0.2, -0.15) is 0 Å². The van der Waals surface area contributed by atoms with Crippen LogP contribution in [0.4, 0.5) is 5.82 Å². The maximum Gasteiger partial charge on any atom is 0.239 e. The smallest absolute Gasteiger partial charge is 0.239 e. The molecule has 2 N–H and O–H groups in total. The molecule has 1 atom stereocenters. The van der Waals surface area contributed by atoms with Crippen LogP contribution >= 0.6 is 0 Å². The molecule has 9 heteroatoms. The molecule has 0 saturated carbocycles. The lowest BCUT2D eigenvalue weighted by Crippen LogP contribution is -2.47. The van der Waals surface area contributed by atoms with Crippen molar-refractivity contribution >= 4 is 11.7 Å². The van der Waals surface area contributed by atoms with Crippen molar-refractivity contribution < 1.29 is 14.3 Å². The number of nitrogens with zero attached hydrogens (tertiary/aromatic N) is 4. The number of imidazole rings is 1. The van der Waals surface area contributed by atoms with Gasteiger partial charge in [0.1, 0.15) is 28.9 Å². The van der Waals surface area contributed by atoms with Crippen molar-refractivity contribution in [2.45, 2.75) is 12.3 Å². The fourth-order valence-corrected chi connectivity index (χ4v) is 4.99. The molecule has 1 saturated heterocycles. The van der Waals surface area contributed by atoms with Crippen LogP contribution in [0.25, 0.3) is 11.3 Å². The minimum absolute atomic E-state index is 0.0745. The third kappa shape index (κ3) is 6.10. The van der Waals surface area contributed by atoms with Crippen molar-refractivity contribution in [2.24, 2.45) is 0 Å². The Hall–Kier alpha value is -4.21. The topological polar surface area (TPSA) is 95.6 Å². The van der Waals surface area contributed by atoms with Crippen molar-refractivity contribution in [3.63, 3.8) is 0 Å². The lowest BCUT2D eigenvalue weighted by atomic mass is 9.96. The van der Waals surface area contributed by atoms with Crippen LogP contribution in [0.15, 0.2) is 73.1 Å². The number of benzene rings is 2. The zero-order valence-electron chi connectivity index (χ0n) is 22.0. The molecule has 6 rings (SSSR count). The van der Waals surface area contributed by atoms with Crippen LogP contribution in [0.2, 0.25) is 0 Å². The number of amides is 1. The highest BCUT2D eigenvalue weighted by atomic mass is 16.5. The molecule has 0 aliphatic carbocycles. The third-order valence-corrected chi connectivity index (χ3v) is 7.20. The molecule has 1 amide bonds. The van der Waals surface area contributed by atoms with Gasteiger partial charge in [-0.05, 0) is 48.9 Å². The maximum atomic E-state index is 12.6. The Morgan fingerprint density at radius 1 is 1.05 bits per heavy atom. The van der Waals surface area contributed by atoms with Gasteiger partial charge in [-0.15, -0.1) is 0 Å². The summed E-state index contributed by atoms with van der Waals surface area (Å²) in [4.78, 5) is 29.4. The number of aromatic nitrogens is 3. The first-order valence-electron chi connectivity index (χ1n) is 13.3. The van der Waals surface area contributed by atoms with Gasteiger partial charge in [-0.3, -0.25) is 9.69 Å². The van der Waals surface area contributed by atoms with E-state index in [1.165, 1.54) is 0 Å². The standard InChI is InChI=1S/C30H32N6O3/c1-35-11-13-36(14-12-35)19-29(37)34-28-17-25(9-10-31-28)39-24-7-8-27-22(16-24)15-23(20-38-27)30-32-18-26(33-30)21-5-3-2-4-6-21/h2-10,16-18,23H,11-15,19-20H2,1H3,(H,32,33)(H,31,34,37). The van der Waals surface area contributed by atoms with E-state index in [0.717, 1.165) is 61.0 Å². The number of aromatic amines is 1. The number of pyridine rings is 1. The number of H-pyrrole nitrogens is 1. The number of hydrogen-bond donors (Lipinski definition) is 2. The summed E-state index contributed by atoms with van der Waals surface area (Å²) in [6.07, 6.45) is 4.31. The van der Waals surface area contributed by atoms with Gasteiger partial charge in [0.05, 0.1) is 31.0 Å². The minimum Gasteiger partial charge on any atom is -0.493 e. The molecule has 1 fully saturated rings. The predicted molar refractivity (Wildman–Crippen MR) is 149 cm³/mol. The molecule has 0 bridgehead atoms. The number of ether oxygens (including phenoxy) is 2. The summed E-state index contributed by atoms with van der Waals surface area (Å²) in [5.41, 5.74) is 3.17. The van der Waals surface area contributed by atoms with Gasteiger partial charge >= 0.3 is 0 Å². The summed E-state index contributed by atoms with van der Waals surface area (Å²) in [6, 6.07) is 19.5. The van der Waals surface area contributed by atoms with Gasteiger partial charge in [-0.1, -0.05) is 30.3 Å². The molecule has 2 aliphatic heterocycles. The van der Waals surface area contributed by atoms with Crippen molar-refractivity contribution in [1.82, 2.24) is 24.8 Å². The van der Waals surface area contributed by atoms with E-state index in [9.17, 15) is 4.79 Å². The maximum absolute atomic E-state index is 12.6. The Morgan fingerprint density at radius 3 is 2.72 bits per heavy atom. The second kappa shape index (κ2) is 11.3. The van der Waals surface area contributed by atoms with E-state index >= 15 is 0 Å². The molecule has 1 unspecified atom stereocenters. The van der Waals surface area contributed by atoms with E-state index < -0.39 is 0 Å². The van der Waals surface area contributed by atoms with Gasteiger partial charge in [0.2, 0.25) is 5.91 Å². The SMILES string of the molecule is CN1CCN(CC(=O)Nc2cc(Oc3ccc4c(c3)CC(c3ncc(-c5ccccc5)[nH]3)CO4)ccn2)CC1. The average molecular weight is 525 g/mol. The second-order valence-electron chi connectivity index (χ2n) is 10.1. The fourth-order valence-electron chi connectivity index (χ4n) is 4.99. The fraction of sp³-hybridized carbons (Fsp3) is 0.300. The van der Waals surface area contributed by atoms with Gasteiger partial charge in [0, 0.05) is 38.4 Å². The number of anilines is 1. The molecule has 0 spiro atoms. The second-order valence-corrected chi connectivity index (χ2v) is 10.1. The summed E-state index contributed by atoms with van der Waals surface area (Å²) >= 11 is 0. The first-order valence-corrected chi connectivity index (χ1v) is 13.3. The number of carbonyl (C=O) groups is 1. The lowest BCUT2D eigenvalue weighted by Gasteiger charge is -2.31. The van der Waals surface area contributed by atoms with E-state index in [4.69, 9.17) is 9.47 Å². The summed E-state index contributed by atoms with van der Waals surface area (Å²) < 4.78 is 12.2. The Labute approximate surface area is 227 Å². The van der Waals surface area contributed by atoms with Crippen LogP contribution < -0.4 is 14.8 Å². The van der Waals surface area contributed by atoms with Gasteiger partial charge in [0.15, 0.2) is 0 Å². The molecule has 2 aromatic heterocycles. The molecule has 200 valence electrons. The van der Waals surface area contributed by atoms with Gasteiger partial charge in [0.25, 0.3) is 0 Å². The zero-order chi connectivity index (χ0) is 26.6. The number of hydrogen-bond acceptors (Lipinski definition) is 7. The Morgan fingerprint density at radius 2 is 1.87 bits per heavy atom. The van der Waals surface area contributed by atoms with Gasteiger partial charge in [-0.25, -0.2) is 9.97 Å². The molecule has 9 nitrogen and oxygen atoms in total. The number of carbonyl (C=O) groups excluding carboxylic acids is 1. The van der Waals surface area contributed by atoms with E-state index in [2.05, 4.69) is 49.2 Å². The molecular weight excluding hydrogens is 492 g/mol. The third-order valence-electron chi connectivity index (χ3n) is 7.20. The largest absolute Gasteiger partial charge is 0.493 e. The summed E-state index contributed by atoms with van der Waals surface area (Å²) in [6.45, 7) is 4.63. The van der Waals surface area contributed by atoms with Crippen molar-refractivity contribution in [1.29, 1.82) is 0 Å². The molecule has 0 radical (unpaired) electrons. The highest BCUT2D eigenvalue weighted by Gasteiger charge is 2.24. The number of fused-ring (bicyclic) bond motifs is 1. The van der Waals surface area contributed by atoms with E-state index in [-0.39, 0.29) is 11.8 Å². The van der Waals surface area contributed by atoms with Crippen molar-refractivity contribution in [2.75, 3.05) is 51.7 Å². The highest BCUT2D eigenvalue weighted by molar-refractivity contribution is 5.91. The Balaban J connectivity index is 1.09. The van der Waals surface area contributed by atoms with Crippen LogP contribution in [-0.4, -0.2) is 77.0 Å². The van der Waals surface area contributed by atoms with Crippen LogP contribution in [0, 0.1) is 0 Å². The normalized spacial score (nSPS) is 17.7. The zero-order valence-corrected chi connectivity index (χ0v) is 22.0. The molecular formula is C30H32N6O3. The molecule has 4 heterocycles. The van der Waals surface area contributed by atoms with Crippen LogP contribution in [0.1, 0.15) is 17.3 Å². The predicted octanol–water partition coefficient (Wildman–Crippen LogP) is 4.17. The van der Waals surface area contributed by atoms with E-state index in [0.29, 0.717) is 30.5 Å². The first-order chi connectivity index (χ1) is 19.1. The van der Waals surface area contributed by atoms with Crippen LogP contribution in [0.5, 0.6) is 17.2 Å². The molecule has 2 aliphatic rings. The summed E-state index contributed by atoms with van der Waals surface area (Å²) in [7, 11) is 2.10. The van der Waals surface area contributed by atoms with E-state index in [1.54, 1.807) is 18.3 Å². The average Bonchev–Trinajstić information content (AvgIpc) is 3.45. The Kier molecular flexibility index (Phi) is 7.25. The number of nitrogens with one attached hydrogen (secondary N) is 2. The minimum atomic E-state index is -0.0745. The summed E-state index contributed by atoms with van der Waals surface area (Å²) in [5, 5.41) is 2.90. The number of piperazine rings is 1. The molecule has 39 heavy (non-hydrogen) atoms. The summed E-state index contributed by atoms with van der Waals surface area (Å²) in [5.74, 6) is 3.59. The first kappa shape index (κ1) is 25.1. The van der Waals surface area contributed by atoms with Crippen LogP contribution in [-0.2, 0) is 11.2 Å². The monoisotopic (exact) mass is 524 g/mol. The lowest BCUT2D eigenvalue weighted by molar-refractivity contribution is -0.117. The molecule has 2 aromatic carbocycles. The van der Waals surface area contributed by atoms with Crippen molar-refractivity contribution in [3.05, 3.63) is 84.4 Å². The van der Waals surface area contributed by atoms with E-state index in [1.807, 2.05) is 42.6 Å². The van der Waals surface area contributed by atoms with Crippen molar-refractivity contribution in [3.8, 4) is 28.5 Å². The van der Waals surface area contributed by atoms with Crippen LogP contribution in [0.3, 0.4) is 0 Å². The Bertz CT molecular complexity index is 1430. The quantitative estimate of drug-likeness (QED) is 0.375. The molecule has 4 aromatic rings. The number of likely N-dealkylation sites (N-methyl/N-ethyl adjacent to an activating group) is 1. The highest BCUT2D eigenvalue weighted by Crippen LogP contribution is 2.35. The number of rotatable bonds is 7. The van der Waals surface area contributed by atoms with Gasteiger partial charge < -0.3 is 24.7 Å².